The Morgan fingerprint density at radius 2 is 2.05 bits per heavy atom. The number of nitrogens with one attached hydrogen (secondary N) is 1. The highest BCUT2D eigenvalue weighted by molar-refractivity contribution is 5.17. The van der Waals surface area contributed by atoms with Crippen LogP contribution in [-0.2, 0) is 0 Å². The summed E-state index contributed by atoms with van der Waals surface area (Å²) < 4.78 is 13.9. The van der Waals surface area contributed by atoms with Crippen molar-refractivity contribution in [2.45, 2.75) is 53.5 Å². The molecule has 19 heavy (non-hydrogen) atoms. The molecule has 0 bridgehead atoms. The third-order valence-corrected chi connectivity index (χ3v) is 3.89. The van der Waals surface area contributed by atoms with E-state index >= 15 is 0 Å². The Bertz CT molecular complexity index is 385. The summed E-state index contributed by atoms with van der Waals surface area (Å²) in [5, 5.41) is 3.46. The quantitative estimate of drug-likeness (QED) is 0.828. The van der Waals surface area contributed by atoms with Gasteiger partial charge < -0.3 is 5.32 Å². The van der Waals surface area contributed by atoms with Crippen LogP contribution in [0.4, 0.5) is 4.39 Å². The molecule has 2 nitrogen and oxygen atoms in total. The summed E-state index contributed by atoms with van der Waals surface area (Å²) >= 11 is 0. The van der Waals surface area contributed by atoms with Gasteiger partial charge in [-0.3, -0.25) is 4.98 Å². The smallest absolute Gasteiger partial charge is 0.146 e. The highest BCUT2D eigenvalue weighted by Gasteiger charge is 2.25. The van der Waals surface area contributed by atoms with Gasteiger partial charge in [-0.2, -0.15) is 0 Å². The summed E-state index contributed by atoms with van der Waals surface area (Å²) in [6.07, 6.45) is 4.95. The van der Waals surface area contributed by atoms with Crippen LogP contribution in [0.5, 0.6) is 0 Å². The largest absolute Gasteiger partial charge is 0.310 e. The first kappa shape index (κ1) is 16.1. The fourth-order valence-electron chi connectivity index (χ4n) is 2.01. The molecule has 0 amide bonds. The molecular formula is C16H27FN2. The van der Waals surface area contributed by atoms with Gasteiger partial charge in [-0.25, -0.2) is 4.39 Å². The summed E-state index contributed by atoms with van der Waals surface area (Å²) in [6.45, 7) is 12.0. The van der Waals surface area contributed by atoms with E-state index in [0.717, 1.165) is 24.9 Å². The van der Waals surface area contributed by atoms with Crippen LogP contribution in [0.25, 0.3) is 0 Å². The standard InChI is InChI=1S/C16H27FN2/c1-6-8-19-15(10-12(2)16(3,4)5)13-7-9-18-11-14(13)17/h7,9,11-12,15,19H,6,8,10H2,1-5H3. The molecule has 1 aromatic rings. The Kier molecular flexibility index (Phi) is 5.92. The molecule has 0 aliphatic rings. The first-order chi connectivity index (χ1) is 8.86. The molecule has 0 saturated heterocycles. The van der Waals surface area contributed by atoms with E-state index in [0.29, 0.717) is 5.92 Å². The van der Waals surface area contributed by atoms with Gasteiger partial charge >= 0.3 is 0 Å². The van der Waals surface area contributed by atoms with Crippen molar-refractivity contribution < 1.29 is 4.39 Å². The molecule has 0 aromatic carbocycles. The van der Waals surface area contributed by atoms with Crippen LogP contribution in [0.1, 0.15) is 59.1 Å². The summed E-state index contributed by atoms with van der Waals surface area (Å²) in [5.41, 5.74) is 0.967. The summed E-state index contributed by atoms with van der Waals surface area (Å²) in [7, 11) is 0. The van der Waals surface area contributed by atoms with Gasteiger partial charge in [0.2, 0.25) is 0 Å². The first-order valence-electron chi connectivity index (χ1n) is 7.19. The van der Waals surface area contributed by atoms with E-state index in [1.165, 1.54) is 6.20 Å². The van der Waals surface area contributed by atoms with Crippen LogP contribution in [-0.4, -0.2) is 11.5 Å². The lowest BCUT2D eigenvalue weighted by Gasteiger charge is -2.31. The Morgan fingerprint density at radius 1 is 1.37 bits per heavy atom. The topological polar surface area (TPSA) is 24.9 Å². The molecule has 0 saturated carbocycles. The summed E-state index contributed by atoms with van der Waals surface area (Å²) in [6, 6.07) is 1.86. The third kappa shape index (κ3) is 4.90. The van der Waals surface area contributed by atoms with Crippen molar-refractivity contribution >= 4 is 0 Å². The SMILES string of the molecule is CCCNC(CC(C)C(C)(C)C)c1ccncc1F. The van der Waals surface area contributed by atoms with Gasteiger partial charge in [-0.15, -0.1) is 0 Å². The van der Waals surface area contributed by atoms with E-state index in [1.807, 2.05) is 0 Å². The number of hydrogen-bond acceptors (Lipinski definition) is 2. The van der Waals surface area contributed by atoms with Crippen molar-refractivity contribution in [3.05, 3.63) is 29.8 Å². The first-order valence-corrected chi connectivity index (χ1v) is 7.19. The van der Waals surface area contributed by atoms with E-state index in [9.17, 15) is 4.39 Å². The predicted molar refractivity (Wildman–Crippen MR) is 78.5 cm³/mol. The molecule has 0 spiro atoms. The fourth-order valence-corrected chi connectivity index (χ4v) is 2.01. The molecule has 0 aliphatic carbocycles. The normalized spacial score (nSPS) is 15.3. The maximum atomic E-state index is 13.9. The minimum absolute atomic E-state index is 0.0668. The van der Waals surface area contributed by atoms with Crippen LogP contribution < -0.4 is 5.32 Å². The second kappa shape index (κ2) is 6.99. The second-order valence-corrected chi connectivity index (χ2v) is 6.41. The van der Waals surface area contributed by atoms with Gasteiger partial charge in [0, 0.05) is 17.8 Å². The van der Waals surface area contributed by atoms with Gasteiger partial charge in [-0.1, -0.05) is 34.6 Å². The molecule has 1 N–H and O–H groups in total. The third-order valence-electron chi connectivity index (χ3n) is 3.89. The molecule has 0 fully saturated rings. The lowest BCUT2D eigenvalue weighted by molar-refractivity contribution is 0.221. The Hall–Kier alpha value is -0.960. The van der Waals surface area contributed by atoms with Gasteiger partial charge in [0.1, 0.15) is 5.82 Å². The van der Waals surface area contributed by atoms with Gasteiger partial charge in [0.05, 0.1) is 6.20 Å². The Morgan fingerprint density at radius 3 is 2.58 bits per heavy atom. The Balaban J connectivity index is 2.86. The average molecular weight is 266 g/mol. The molecule has 1 rings (SSSR count). The van der Waals surface area contributed by atoms with Crippen molar-refractivity contribution in [1.29, 1.82) is 0 Å². The zero-order valence-electron chi connectivity index (χ0n) is 12.8. The van der Waals surface area contributed by atoms with Crippen LogP contribution in [0.15, 0.2) is 18.5 Å². The zero-order chi connectivity index (χ0) is 14.5. The highest BCUT2D eigenvalue weighted by Crippen LogP contribution is 2.33. The number of hydrogen-bond donors (Lipinski definition) is 1. The summed E-state index contributed by atoms with van der Waals surface area (Å²) in [5.74, 6) is 0.298. The van der Waals surface area contributed by atoms with Crippen LogP contribution in [0.3, 0.4) is 0 Å². The van der Waals surface area contributed by atoms with E-state index in [4.69, 9.17) is 0 Å². The predicted octanol–water partition coefficient (Wildman–Crippen LogP) is 4.33. The second-order valence-electron chi connectivity index (χ2n) is 6.41. The molecule has 2 unspecified atom stereocenters. The van der Waals surface area contributed by atoms with Crippen molar-refractivity contribution in [2.24, 2.45) is 11.3 Å². The molecule has 0 radical (unpaired) electrons. The Labute approximate surface area is 116 Å². The monoisotopic (exact) mass is 266 g/mol. The number of rotatable bonds is 6. The lowest BCUT2D eigenvalue weighted by Crippen LogP contribution is -2.28. The van der Waals surface area contributed by atoms with Crippen molar-refractivity contribution in [3.8, 4) is 0 Å². The number of aromatic nitrogens is 1. The maximum Gasteiger partial charge on any atom is 0.146 e. The number of pyridine rings is 1. The molecule has 0 aliphatic heterocycles. The van der Waals surface area contributed by atoms with Crippen molar-refractivity contribution in [3.63, 3.8) is 0 Å². The van der Waals surface area contributed by atoms with Crippen molar-refractivity contribution in [2.75, 3.05) is 6.54 Å². The maximum absolute atomic E-state index is 13.9. The number of halogens is 1. The molecule has 1 aromatic heterocycles. The van der Waals surface area contributed by atoms with E-state index < -0.39 is 0 Å². The van der Waals surface area contributed by atoms with Crippen LogP contribution in [0, 0.1) is 17.2 Å². The fraction of sp³-hybridized carbons (Fsp3) is 0.688. The molecule has 1 heterocycles. The van der Waals surface area contributed by atoms with Crippen LogP contribution in [0.2, 0.25) is 0 Å². The van der Waals surface area contributed by atoms with Gasteiger partial charge in [0.25, 0.3) is 0 Å². The van der Waals surface area contributed by atoms with E-state index in [2.05, 4.69) is 44.9 Å². The molecule has 2 atom stereocenters. The number of nitrogens with zero attached hydrogens (tertiary/aromatic N) is 1. The minimum atomic E-state index is -0.211. The molecule has 3 heteroatoms. The lowest BCUT2D eigenvalue weighted by atomic mass is 9.77. The van der Waals surface area contributed by atoms with Crippen molar-refractivity contribution in [1.82, 2.24) is 10.3 Å². The molecular weight excluding hydrogens is 239 g/mol. The van der Waals surface area contributed by atoms with E-state index in [-0.39, 0.29) is 17.3 Å². The van der Waals surface area contributed by atoms with E-state index in [1.54, 1.807) is 12.3 Å². The average Bonchev–Trinajstić information content (AvgIpc) is 2.34. The van der Waals surface area contributed by atoms with Gasteiger partial charge in [0.15, 0.2) is 0 Å². The minimum Gasteiger partial charge on any atom is -0.310 e. The highest BCUT2D eigenvalue weighted by atomic mass is 19.1. The summed E-state index contributed by atoms with van der Waals surface area (Å²) in [4.78, 5) is 3.83. The van der Waals surface area contributed by atoms with Crippen LogP contribution >= 0.6 is 0 Å². The zero-order valence-corrected chi connectivity index (χ0v) is 12.8. The van der Waals surface area contributed by atoms with Gasteiger partial charge in [-0.05, 0) is 36.8 Å². The molecule has 108 valence electrons.